The van der Waals surface area contributed by atoms with Crippen molar-refractivity contribution in [1.29, 1.82) is 0 Å². The van der Waals surface area contributed by atoms with Crippen molar-refractivity contribution in [2.24, 2.45) is 0 Å². The quantitative estimate of drug-likeness (QED) is 0.818. The molecule has 3 nitrogen and oxygen atoms in total. The van der Waals surface area contributed by atoms with E-state index in [0.29, 0.717) is 5.56 Å². The molecule has 1 atom stereocenters. The summed E-state index contributed by atoms with van der Waals surface area (Å²) in [4.78, 5) is 12.0. The molecule has 1 aromatic rings. The van der Waals surface area contributed by atoms with E-state index in [1.807, 2.05) is 25.1 Å². The highest BCUT2D eigenvalue weighted by Crippen LogP contribution is 2.12. The molecule has 88 valence electrons. The van der Waals surface area contributed by atoms with Crippen molar-refractivity contribution in [3.63, 3.8) is 0 Å². The monoisotopic (exact) mass is 221 g/mol. The van der Waals surface area contributed by atoms with Gasteiger partial charge in [-0.3, -0.25) is 4.79 Å². The van der Waals surface area contributed by atoms with Crippen molar-refractivity contribution >= 4 is 5.91 Å². The van der Waals surface area contributed by atoms with Crippen LogP contribution in [0.1, 0.15) is 36.7 Å². The Morgan fingerprint density at radius 1 is 1.38 bits per heavy atom. The number of aryl methyl sites for hydroxylation is 1. The fourth-order valence-electron chi connectivity index (χ4n) is 1.29. The third-order valence-corrected chi connectivity index (χ3v) is 2.87. The first-order valence-electron chi connectivity index (χ1n) is 5.41. The van der Waals surface area contributed by atoms with Gasteiger partial charge in [0.15, 0.2) is 0 Å². The van der Waals surface area contributed by atoms with Gasteiger partial charge in [-0.25, -0.2) is 0 Å². The van der Waals surface area contributed by atoms with Crippen molar-refractivity contribution in [3.8, 4) is 0 Å². The molecule has 0 aliphatic rings. The van der Waals surface area contributed by atoms with E-state index in [2.05, 4.69) is 5.32 Å². The summed E-state index contributed by atoms with van der Waals surface area (Å²) in [5, 5.41) is 12.4. The number of hydrogen-bond acceptors (Lipinski definition) is 2. The van der Waals surface area contributed by atoms with Crippen molar-refractivity contribution < 1.29 is 9.90 Å². The predicted octanol–water partition coefficient (Wildman–Crippen LogP) is 1.88. The molecule has 0 fully saturated rings. The summed E-state index contributed by atoms with van der Waals surface area (Å²) >= 11 is 0. The Balaban J connectivity index is 2.85. The molecule has 0 radical (unpaired) electrons. The Labute approximate surface area is 96.5 Å². The van der Waals surface area contributed by atoms with Crippen molar-refractivity contribution in [1.82, 2.24) is 5.32 Å². The fraction of sp³-hybridized carbons (Fsp3) is 0.462. The van der Waals surface area contributed by atoms with Crippen LogP contribution in [0.25, 0.3) is 0 Å². The average Bonchev–Trinajstić information content (AvgIpc) is 2.17. The van der Waals surface area contributed by atoms with Crippen LogP contribution in [-0.2, 0) is 0 Å². The molecule has 0 bridgehead atoms. The highest BCUT2D eigenvalue weighted by Gasteiger charge is 2.26. The number of aliphatic hydroxyl groups is 1. The summed E-state index contributed by atoms with van der Waals surface area (Å²) in [6.07, 6.45) is -0.597. The van der Waals surface area contributed by atoms with Crippen LogP contribution < -0.4 is 5.32 Å². The SMILES string of the molecule is Cc1ccccc1C(=O)NC(C)(C)C(C)O. The van der Waals surface area contributed by atoms with Gasteiger partial charge >= 0.3 is 0 Å². The molecule has 0 saturated carbocycles. The van der Waals surface area contributed by atoms with E-state index in [4.69, 9.17) is 0 Å². The smallest absolute Gasteiger partial charge is 0.252 e. The Kier molecular flexibility index (Phi) is 3.70. The van der Waals surface area contributed by atoms with Gasteiger partial charge in [-0.15, -0.1) is 0 Å². The number of carbonyl (C=O) groups is 1. The molecule has 3 heteroatoms. The van der Waals surface area contributed by atoms with Gasteiger partial charge < -0.3 is 10.4 Å². The molecule has 0 aliphatic carbocycles. The predicted molar refractivity (Wildman–Crippen MR) is 64.4 cm³/mol. The minimum absolute atomic E-state index is 0.149. The van der Waals surface area contributed by atoms with E-state index in [-0.39, 0.29) is 5.91 Å². The van der Waals surface area contributed by atoms with Crippen molar-refractivity contribution in [2.45, 2.75) is 39.3 Å². The molecule has 16 heavy (non-hydrogen) atoms. The van der Waals surface area contributed by atoms with Crippen LogP contribution >= 0.6 is 0 Å². The van der Waals surface area contributed by atoms with E-state index in [0.717, 1.165) is 5.56 Å². The lowest BCUT2D eigenvalue weighted by Crippen LogP contribution is -2.51. The maximum absolute atomic E-state index is 12.0. The normalized spacial score (nSPS) is 13.3. The summed E-state index contributed by atoms with van der Waals surface area (Å²) < 4.78 is 0. The van der Waals surface area contributed by atoms with Crippen LogP contribution in [0.15, 0.2) is 24.3 Å². The molecule has 1 unspecified atom stereocenters. The second-order valence-electron chi connectivity index (χ2n) is 4.67. The minimum Gasteiger partial charge on any atom is -0.391 e. The minimum atomic E-state index is -0.626. The van der Waals surface area contributed by atoms with Crippen LogP contribution in [0.4, 0.5) is 0 Å². The summed E-state index contributed by atoms with van der Waals surface area (Å²) in [6.45, 7) is 7.16. The lowest BCUT2D eigenvalue weighted by molar-refractivity contribution is 0.0709. The molecule has 2 N–H and O–H groups in total. The average molecular weight is 221 g/mol. The van der Waals surface area contributed by atoms with Gasteiger partial charge in [-0.05, 0) is 39.3 Å². The van der Waals surface area contributed by atoms with Crippen molar-refractivity contribution in [2.75, 3.05) is 0 Å². The number of benzene rings is 1. The van der Waals surface area contributed by atoms with E-state index in [9.17, 15) is 9.90 Å². The maximum Gasteiger partial charge on any atom is 0.252 e. The highest BCUT2D eigenvalue weighted by molar-refractivity contribution is 5.96. The lowest BCUT2D eigenvalue weighted by Gasteiger charge is -2.29. The number of nitrogens with one attached hydrogen (secondary N) is 1. The zero-order valence-electron chi connectivity index (χ0n) is 10.2. The summed E-state index contributed by atoms with van der Waals surface area (Å²) in [5.41, 5.74) is 0.955. The van der Waals surface area contributed by atoms with E-state index in [1.54, 1.807) is 26.8 Å². The largest absolute Gasteiger partial charge is 0.391 e. The number of aliphatic hydroxyl groups excluding tert-OH is 1. The number of carbonyl (C=O) groups excluding carboxylic acids is 1. The third kappa shape index (κ3) is 2.83. The molecule has 0 spiro atoms. The third-order valence-electron chi connectivity index (χ3n) is 2.87. The molecular weight excluding hydrogens is 202 g/mol. The van der Waals surface area contributed by atoms with Gasteiger partial charge in [0.05, 0.1) is 11.6 Å². The topological polar surface area (TPSA) is 49.3 Å². The van der Waals surface area contributed by atoms with E-state index < -0.39 is 11.6 Å². The summed E-state index contributed by atoms with van der Waals surface area (Å²) in [5.74, 6) is -0.149. The van der Waals surface area contributed by atoms with E-state index >= 15 is 0 Å². The van der Waals surface area contributed by atoms with Gasteiger partial charge in [0, 0.05) is 5.56 Å². The number of hydrogen-bond donors (Lipinski definition) is 2. The zero-order valence-corrected chi connectivity index (χ0v) is 10.2. The molecule has 1 aromatic carbocycles. The first-order valence-corrected chi connectivity index (χ1v) is 5.41. The lowest BCUT2D eigenvalue weighted by atomic mass is 9.97. The standard InChI is InChI=1S/C13H19NO2/c1-9-7-5-6-8-11(9)12(16)14-13(3,4)10(2)15/h5-8,10,15H,1-4H3,(H,14,16). The Morgan fingerprint density at radius 3 is 2.44 bits per heavy atom. The van der Waals surface area contributed by atoms with Gasteiger partial charge in [0.1, 0.15) is 0 Å². The second-order valence-corrected chi connectivity index (χ2v) is 4.67. The summed E-state index contributed by atoms with van der Waals surface area (Å²) in [7, 11) is 0. The van der Waals surface area contributed by atoms with Crippen LogP contribution in [0.3, 0.4) is 0 Å². The first-order chi connectivity index (χ1) is 7.34. The van der Waals surface area contributed by atoms with Gasteiger partial charge in [-0.2, -0.15) is 0 Å². The van der Waals surface area contributed by atoms with Crippen molar-refractivity contribution in [3.05, 3.63) is 35.4 Å². The zero-order chi connectivity index (χ0) is 12.3. The Morgan fingerprint density at radius 2 is 1.94 bits per heavy atom. The highest BCUT2D eigenvalue weighted by atomic mass is 16.3. The van der Waals surface area contributed by atoms with E-state index in [1.165, 1.54) is 0 Å². The van der Waals surface area contributed by atoms with Crippen LogP contribution in [0, 0.1) is 6.92 Å². The first kappa shape index (κ1) is 12.7. The van der Waals surface area contributed by atoms with Crippen LogP contribution in [0.2, 0.25) is 0 Å². The maximum atomic E-state index is 12.0. The molecule has 0 aromatic heterocycles. The van der Waals surface area contributed by atoms with Crippen LogP contribution in [-0.4, -0.2) is 22.7 Å². The van der Waals surface area contributed by atoms with Crippen LogP contribution in [0.5, 0.6) is 0 Å². The summed E-state index contributed by atoms with van der Waals surface area (Å²) in [6, 6.07) is 7.40. The Hall–Kier alpha value is -1.35. The molecule has 0 saturated heterocycles. The molecule has 0 heterocycles. The number of rotatable bonds is 3. The molecule has 0 aliphatic heterocycles. The molecule has 1 rings (SSSR count). The Bertz CT molecular complexity index is 383. The molecular formula is C13H19NO2. The molecule has 1 amide bonds. The van der Waals surface area contributed by atoms with Gasteiger partial charge in [-0.1, -0.05) is 18.2 Å². The van der Waals surface area contributed by atoms with Gasteiger partial charge in [0.25, 0.3) is 5.91 Å². The number of amides is 1. The second kappa shape index (κ2) is 4.66. The fourth-order valence-corrected chi connectivity index (χ4v) is 1.29. The van der Waals surface area contributed by atoms with Gasteiger partial charge in [0.2, 0.25) is 0 Å².